The van der Waals surface area contributed by atoms with Crippen molar-refractivity contribution in [1.82, 2.24) is 5.32 Å². The molecule has 0 aliphatic rings. The van der Waals surface area contributed by atoms with Crippen molar-refractivity contribution in [3.05, 3.63) is 24.3 Å². The van der Waals surface area contributed by atoms with E-state index in [1.165, 1.54) is 4.90 Å². The highest BCUT2D eigenvalue weighted by Gasteiger charge is 2.19. The van der Waals surface area contributed by atoms with E-state index in [1.807, 2.05) is 6.07 Å². The van der Waals surface area contributed by atoms with Crippen molar-refractivity contribution in [1.29, 1.82) is 0 Å². The Kier molecular flexibility index (Phi) is 6.21. The average molecular weight is 281 g/mol. The second-order valence-electron chi connectivity index (χ2n) is 6.18. The summed E-state index contributed by atoms with van der Waals surface area (Å²) in [6.07, 6.45) is 2.27. The quantitative estimate of drug-likeness (QED) is 0.790. The molecule has 0 amide bonds. The van der Waals surface area contributed by atoms with E-state index in [2.05, 4.69) is 64.4 Å². The third kappa shape index (κ3) is 5.87. The zero-order valence-corrected chi connectivity index (χ0v) is 13.8. The summed E-state index contributed by atoms with van der Waals surface area (Å²) >= 11 is 1.73. The molecule has 1 aromatic carbocycles. The molecule has 19 heavy (non-hydrogen) atoms. The highest BCUT2D eigenvalue weighted by Crippen LogP contribution is 2.28. The third-order valence-corrected chi connectivity index (χ3v) is 3.70. The SMILES string of the molecule is CSc1ccccc1OC(CNC(C)(C)C)C(C)C. The number of hydrogen-bond acceptors (Lipinski definition) is 3. The predicted molar refractivity (Wildman–Crippen MR) is 85.2 cm³/mol. The maximum absolute atomic E-state index is 6.21. The Bertz CT molecular complexity index is 385. The molecule has 1 atom stereocenters. The van der Waals surface area contributed by atoms with Gasteiger partial charge in [0.25, 0.3) is 0 Å². The summed E-state index contributed by atoms with van der Waals surface area (Å²) < 4.78 is 6.21. The minimum absolute atomic E-state index is 0.121. The van der Waals surface area contributed by atoms with Gasteiger partial charge >= 0.3 is 0 Å². The van der Waals surface area contributed by atoms with Gasteiger partial charge in [0.05, 0.1) is 0 Å². The molecule has 0 aliphatic carbocycles. The van der Waals surface area contributed by atoms with Crippen LogP contribution in [0.1, 0.15) is 34.6 Å². The summed E-state index contributed by atoms with van der Waals surface area (Å²) in [7, 11) is 0. The molecule has 0 bridgehead atoms. The van der Waals surface area contributed by atoms with Gasteiger partial charge in [0.2, 0.25) is 0 Å². The maximum atomic E-state index is 6.21. The van der Waals surface area contributed by atoms with Crippen LogP contribution in [0, 0.1) is 5.92 Å². The molecule has 0 radical (unpaired) electrons. The highest BCUT2D eigenvalue weighted by atomic mass is 32.2. The first-order chi connectivity index (χ1) is 8.83. The molecule has 0 aliphatic heterocycles. The topological polar surface area (TPSA) is 21.3 Å². The van der Waals surface area contributed by atoms with Crippen molar-refractivity contribution < 1.29 is 4.74 Å². The van der Waals surface area contributed by atoms with E-state index in [4.69, 9.17) is 4.74 Å². The first-order valence-electron chi connectivity index (χ1n) is 6.88. The molecule has 108 valence electrons. The normalized spacial score (nSPS) is 13.6. The lowest BCUT2D eigenvalue weighted by Crippen LogP contribution is -2.44. The smallest absolute Gasteiger partial charge is 0.133 e. The second-order valence-corrected chi connectivity index (χ2v) is 7.03. The number of rotatable bonds is 6. The van der Waals surface area contributed by atoms with E-state index >= 15 is 0 Å². The van der Waals surface area contributed by atoms with Gasteiger partial charge in [-0.2, -0.15) is 0 Å². The van der Waals surface area contributed by atoms with E-state index < -0.39 is 0 Å². The molecule has 2 nitrogen and oxygen atoms in total. The second kappa shape index (κ2) is 7.20. The first-order valence-corrected chi connectivity index (χ1v) is 8.10. The third-order valence-electron chi connectivity index (χ3n) is 2.92. The summed E-state index contributed by atoms with van der Waals surface area (Å²) in [6, 6.07) is 8.24. The molecular formula is C16H27NOS. The van der Waals surface area contributed by atoms with Gasteiger partial charge in [-0.3, -0.25) is 0 Å². The van der Waals surface area contributed by atoms with Crippen LogP contribution in [0.5, 0.6) is 5.75 Å². The zero-order valence-electron chi connectivity index (χ0n) is 13.0. The van der Waals surface area contributed by atoms with Crippen LogP contribution in [0.15, 0.2) is 29.2 Å². The molecule has 1 rings (SSSR count). The fraction of sp³-hybridized carbons (Fsp3) is 0.625. The van der Waals surface area contributed by atoms with Crippen molar-refractivity contribution in [2.75, 3.05) is 12.8 Å². The predicted octanol–water partition coefficient (Wildman–Crippen LogP) is 4.20. The molecule has 0 saturated carbocycles. The Morgan fingerprint density at radius 3 is 2.37 bits per heavy atom. The van der Waals surface area contributed by atoms with E-state index in [9.17, 15) is 0 Å². The van der Waals surface area contributed by atoms with Crippen molar-refractivity contribution in [2.24, 2.45) is 5.92 Å². The summed E-state index contributed by atoms with van der Waals surface area (Å²) in [5.74, 6) is 1.47. The Morgan fingerprint density at radius 2 is 1.84 bits per heavy atom. The fourth-order valence-electron chi connectivity index (χ4n) is 1.70. The van der Waals surface area contributed by atoms with Crippen LogP contribution in [0.2, 0.25) is 0 Å². The van der Waals surface area contributed by atoms with Crippen molar-refractivity contribution in [2.45, 2.75) is 51.2 Å². The Hall–Kier alpha value is -0.670. The van der Waals surface area contributed by atoms with Crippen LogP contribution >= 0.6 is 11.8 Å². The minimum atomic E-state index is 0.121. The van der Waals surface area contributed by atoms with Crippen molar-refractivity contribution in [3.63, 3.8) is 0 Å². The molecule has 0 saturated heterocycles. The van der Waals surface area contributed by atoms with Crippen LogP contribution in [-0.4, -0.2) is 24.4 Å². The number of ether oxygens (including phenoxy) is 1. The molecule has 0 heterocycles. The number of thioether (sulfide) groups is 1. The first kappa shape index (κ1) is 16.4. The molecular weight excluding hydrogens is 254 g/mol. The lowest BCUT2D eigenvalue weighted by Gasteiger charge is -2.28. The highest BCUT2D eigenvalue weighted by molar-refractivity contribution is 7.98. The number of nitrogens with one attached hydrogen (secondary N) is 1. The number of para-hydroxylation sites is 1. The van der Waals surface area contributed by atoms with Gasteiger partial charge in [-0.15, -0.1) is 11.8 Å². The monoisotopic (exact) mass is 281 g/mol. The van der Waals surface area contributed by atoms with Crippen molar-refractivity contribution in [3.8, 4) is 5.75 Å². The lowest BCUT2D eigenvalue weighted by atomic mass is 10.0. The van der Waals surface area contributed by atoms with Gasteiger partial charge < -0.3 is 10.1 Å². The maximum Gasteiger partial charge on any atom is 0.133 e. The Balaban J connectivity index is 2.73. The molecule has 3 heteroatoms. The van der Waals surface area contributed by atoms with E-state index in [1.54, 1.807) is 11.8 Å². The molecule has 1 unspecified atom stereocenters. The largest absolute Gasteiger partial charge is 0.488 e. The van der Waals surface area contributed by atoms with Crippen LogP contribution < -0.4 is 10.1 Å². The van der Waals surface area contributed by atoms with E-state index in [0.29, 0.717) is 5.92 Å². The molecule has 0 spiro atoms. The summed E-state index contributed by atoms with van der Waals surface area (Å²) in [5, 5.41) is 3.53. The van der Waals surface area contributed by atoms with Crippen molar-refractivity contribution >= 4 is 11.8 Å². The summed E-state index contributed by atoms with van der Waals surface area (Å²) in [6.45, 7) is 11.8. The van der Waals surface area contributed by atoms with E-state index in [-0.39, 0.29) is 11.6 Å². The van der Waals surface area contributed by atoms with Gasteiger partial charge in [-0.1, -0.05) is 26.0 Å². The van der Waals surface area contributed by atoms with Crippen LogP contribution in [0.25, 0.3) is 0 Å². The van der Waals surface area contributed by atoms with Gasteiger partial charge in [-0.05, 0) is 45.1 Å². The molecule has 0 aromatic heterocycles. The van der Waals surface area contributed by atoms with Gasteiger partial charge in [0, 0.05) is 17.0 Å². The number of benzene rings is 1. The van der Waals surface area contributed by atoms with Crippen LogP contribution in [-0.2, 0) is 0 Å². The molecule has 1 N–H and O–H groups in total. The number of hydrogen-bond donors (Lipinski definition) is 1. The standard InChI is InChI=1S/C16H27NOS/c1-12(2)14(11-17-16(3,4)5)18-13-9-7-8-10-15(13)19-6/h7-10,12,14,17H,11H2,1-6H3. The Labute approximate surface area is 122 Å². The minimum Gasteiger partial charge on any atom is -0.488 e. The molecule has 0 fully saturated rings. The summed E-state index contributed by atoms with van der Waals surface area (Å²) in [5.41, 5.74) is 0.121. The zero-order chi connectivity index (χ0) is 14.5. The molecule has 1 aromatic rings. The lowest BCUT2D eigenvalue weighted by molar-refractivity contribution is 0.136. The fourth-order valence-corrected chi connectivity index (χ4v) is 2.23. The van der Waals surface area contributed by atoms with Crippen LogP contribution in [0.3, 0.4) is 0 Å². The van der Waals surface area contributed by atoms with Gasteiger partial charge in [-0.25, -0.2) is 0 Å². The van der Waals surface area contributed by atoms with Gasteiger partial charge in [0.1, 0.15) is 11.9 Å². The van der Waals surface area contributed by atoms with E-state index in [0.717, 1.165) is 12.3 Å². The average Bonchev–Trinajstić information content (AvgIpc) is 2.33. The summed E-state index contributed by atoms with van der Waals surface area (Å²) in [4.78, 5) is 1.20. The van der Waals surface area contributed by atoms with Crippen LogP contribution in [0.4, 0.5) is 0 Å². The Morgan fingerprint density at radius 1 is 1.21 bits per heavy atom. The van der Waals surface area contributed by atoms with Gasteiger partial charge in [0.15, 0.2) is 0 Å².